The molecule has 2 heterocycles. The summed E-state index contributed by atoms with van der Waals surface area (Å²) in [5, 5.41) is 9.43. The summed E-state index contributed by atoms with van der Waals surface area (Å²) in [5.74, 6) is -0.926. The van der Waals surface area contributed by atoms with Crippen LogP contribution in [0.1, 0.15) is 73.9 Å². The lowest BCUT2D eigenvalue weighted by Crippen LogP contribution is -2.48. The smallest absolute Gasteiger partial charge is 0.303 e. The number of halogens is 1. The maximum atomic E-state index is 13.4. The summed E-state index contributed by atoms with van der Waals surface area (Å²) in [6, 6.07) is 11.3. The number of rotatable bonds is 2. The maximum absolute atomic E-state index is 13.4. The number of fused-ring (bicyclic) bond motifs is 4. The summed E-state index contributed by atoms with van der Waals surface area (Å²) in [6.45, 7) is 5.31. The molecule has 10 heteroatoms. The lowest BCUT2D eigenvalue weighted by atomic mass is 9.69. The van der Waals surface area contributed by atoms with Gasteiger partial charge in [-0.3, -0.25) is 9.59 Å². The summed E-state index contributed by atoms with van der Waals surface area (Å²) in [4.78, 5) is 27.5. The number of aryl methyl sites for hydroxylation is 1. The topological polar surface area (TPSA) is 113 Å². The Morgan fingerprint density at radius 1 is 1.16 bits per heavy atom. The molecule has 0 saturated heterocycles. The zero-order valence-corrected chi connectivity index (χ0v) is 26.9. The minimum absolute atomic E-state index is 0.0688. The second kappa shape index (κ2) is 12.0. The molecule has 1 saturated carbocycles. The molecule has 2 bridgehead atoms. The molecule has 1 spiro atoms. The number of nitrogens with zero attached hydrogens (tertiary/aromatic N) is 1. The van der Waals surface area contributed by atoms with Gasteiger partial charge in [0.1, 0.15) is 5.75 Å². The van der Waals surface area contributed by atoms with Crippen LogP contribution >= 0.6 is 11.6 Å². The SMILES string of the molecule is C[C@@H]1[C@@H](C)C[C@@H](CC(=O)O)/C=C/[C@@H]2CC[C@H]2CN2C[C@@]3(CCCc4cc(Cl)ccc43)COc3ccc(cc32)C(=O)NS1(=O)=O. The summed E-state index contributed by atoms with van der Waals surface area (Å²) in [6.07, 6.45) is 9.50. The molecular formula is C34H41ClN2O6S. The van der Waals surface area contributed by atoms with Gasteiger partial charge in [0, 0.05) is 29.1 Å². The van der Waals surface area contributed by atoms with E-state index < -0.39 is 27.1 Å². The molecule has 4 aliphatic rings. The number of carboxylic acid groups (broad SMARTS) is 1. The molecule has 1 amide bonds. The fourth-order valence-electron chi connectivity index (χ4n) is 7.62. The van der Waals surface area contributed by atoms with Crippen molar-refractivity contribution >= 4 is 39.2 Å². The Bertz CT molecular complexity index is 1590. The Hall–Kier alpha value is -3.04. The predicted octanol–water partition coefficient (Wildman–Crippen LogP) is 5.97. The number of ether oxygens (including phenoxy) is 1. The molecule has 2 N–H and O–H groups in total. The zero-order valence-electron chi connectivity index (χ0n) is 25.3. The number of carbonyl (C=O) groups excluding carboxylic acids is 1. The minimum atomic E-state index is -4.02. The van der Waals surface area contributed by atoms with Gasteiger partial charge in [-0.2, -0.15) is 0 Å². The van der Waals surface area contributed by atoms with Gasteiger partial charge in [0.25, 0.3) is 5.91 Å². The average Bonchev–Trinajstić information content (AvgIpc) is 3.10. The number of carbonyl (C=O) groups is 2. The summed E-state index contributed by atoms with van der Waals surface area (Å²) < 4.78 is 35.5. The van der Waals surface area contributed by atoms with Crippen molar-refractivity contribution in [3.8, 4) is 5.75 Å². The first-order valence-corrected chi connectivity index (χ1v) is 17.6. The lowest BCUT2D eigenvalue weighted by Gasteiger charge is -2.44. The number of amides is 1. The fourth-order valence-corrected chi connectivity index (χ4v) is 9.10. The van der Waals surface area contributed by atoms with Crippen molar-refractivity contribution in [3.05, 3.63) is 70.3 Å². The van der Waals surface area contributed by atoms with E-state index in [0.29, 0.717) is 37.2 Å². The van der Waals surface area contributed by atoms with Crippen molar-refractivity contribution in [1.29, 1.82) is 0 Å². The third-order valence-corrected chi connectivity index (χ3v) is 12.6. The van der Waals surface area contributed by atoms with Crippen LogP contribution in [0.25, 0.3) is 0 Å². The highest BCUT2D eigenvalue weighted by Crippen LogP contribution is 2.46. The first-order chi connectivity index (χ1) is 20.9. The van der Waals surface area contributed by atoms with E-state index in [9.17, 15) is 23.1 Å². The van der Waals surface area contributed by atoms with E-state index in [1.807, 2.05) is 12.1 Å². The van der Waals surface area contributed by atoms with Gasteiger partial charge in [-0.1, -0.05) is 36.7 Å². The monoisotopic (exact) mass is 640 g/mol. The quantitative estimate of drug-likeness (QED) is 0.389. The van der Waals surface area contributed by atoms with E-state index in [4.69, 9.17) is 16.3 Å². The first-order valence-electron chi connectivity index (χ1n) is 15.7. The second-order valence-corrected chi connectivity index (χ2v) is 15.9. The van der Waals surface area contributed by atoms with E-state index in [2.05, 4.69) is 27.8 Å². The van der Waals surface area contributed by atoms with Gasteiger partial charge >= 0.3 is 5.97 Å². The van der Waals surface area contributed by atoms with Crippen LogP contribution in [0.2, 0.25) is 5.02 Å². The van der Waals surface area contributed by atoms with Gasteiger partial charge in [0.05, 0.1) is 24.0 Å². The van der Waals surface area contributed by atoms with Crippen LogP contribution in [-0.4, -0.2) is 50.3 Å². The largest absolute Gasteiger partial charge is 0.490 e. The highest BCUT2D eigenvalue weighted by Gasteiger charge is 2.43. The first kappa shape index (κ1) is 31.0. The molecule has 0 radical (unpaired) electrons. The van der Waals surface area contributed by atoms with E-state index in [1.165, 1.54) is 11.1 Å². The highest BCUT2D eigenvalue weighted by molar-refractivity contribution is 7.90. The number of hydrogen-bond donors (Lipinski definition) is 2. The molecule has 8 nitrogen and oxygen atoms in total. The average molecular weight is 641 g/mol. The molecular weight excluding hydrogens is 600 g/mol. The van der Waals surface area contributed by atoms with Gasteiger partial charge in [-0.05, 0) is 111 Å². The van der Waals surface area contributed by atoms with E-state index in [0.717, 1.165) is 49.4 Å². The van der Waals surface area contributed by atoms with Crippen molar-refractivity contribution in [3.63, 3.8) is 0 Å². The molecule has 236 valence electrons. The molecule has 6 rings (SSSR count). The fraction of sp³-hybridized carbons (Fsp3) is 0.529. The van der Waals surface area contributed by atoms with Gasteiger partial charge in [-0.25, -0.2) is 13.1 Å². The Morgan fingerprint density at radius 3 is 2.73 bits per heavy atom. The van der Waals surface area contributed by atoms with E-state index in [1.54, 1.807) is 32.0 Å². The number of benzene rings is 2. The number of nitrogens with one attached hydrogen (secondary N) is 1. The molecule has 2 aliphatic heterocycles. The molecule has 1 fully saturated rings. The summed E-state index contributed by atoms with van der Waals surface area (Å²) >= 11 is 6.39. The lowest BCUT2D eigenvalue weighted by molar-refractivity contribution is -0.137. The number of allylic oxidation sites excluding steroid dienone is 2. The molecule has 2 aromatic rings. The van der Waals surface area contributed by atoms with Crippen LogP contribution in [0.5, 0.6) is 5.75 Å². The van der Waals surface area contributed by atoms with Crippen LogP contribution in [0.15, 0.2) is 48.6 Å². The van der Waals surface area contributed by atoms with Gasteiger partial charge in [0.15, 0.2) is 0 Å². The third-order valence-electron chi connectivity index (χ3n) is 10.5. The molecule has 44 heavy (non-hydrogen) atoms. The Labute approximate surface area is 264 Å². The Kier molecular flexibility index (Phi) is 8.48. The van der Waals surface area contributed by atoms with Crippen LogP contribution in [0.4, 0.5) is 5.69 Å². The Balaban J connectivity index is 1.41. The Morgan fingerprint density at radius 2 is 1.98 bits per heavy atom. The van der Waals surface area contributed by atoms with Crippen LogP contribution in [-0.2, 0) is 26.7 Å². The predicted molar refractivity (Wildman–Crippen MR) is 171 cm³/mol. The van der Waals surface area contributed by atoms with Crippen molar-refractivity contribution in [2.45, 2.75) is 69.5 Å². The van der Waals surface area contributed by atoms with Gasteiger partial charge in [-0.15, -0.1) is 0 Å². The summed E-state index contributed by atoms with van der Waals surface area (Å²) in [5.41, 5.74) is 3.28. The van der Waals surface area contributed by atoms with Crippen LogP contribution in [0, 0.1) is 23.7 Å². The van der Waals surface area contributed by atoms with Crippen LogP contribution in [0.3, 0.4) is 0 Å². The highest BCUT2D eigenvalue weighted by atomic mass is 35.5. The zero-order chi connectivity index (χ0) is 31.2. The van der Waals surface area contributed by atoms with Crippen LogP contribution < -0.4 is 14.4 Å². The molecule has 2 aliphatic carbocycles. The van der Waals surface area contributed by atoms with E-state index in [-0.39, 0.29) is 29.2 Å². The maximum Gasteiger partial charge on any atom is 0.303 e. The number of anilines is 1. The van der Waals surface area contributed by atoms with Crippen molar-refractivity contribution in [2.75, 3.05) is 24.6 Å². The summed E-state index contributed by atoms with van der Waals surface area (Å²) in [7, 11) is -4.02. The van der Waals surface area contributed by atoms with Crippen molar-refractivity contribution in [2.24, 2.45) is 23.7 Å². The molecule has 0 unspecified atom stereocenters. The van der Waals surface area contributed by atoms with Gasteiger partial charge in [0.2, 0.25) is 10.0 Å². The number of sulfonamides is 1. The van der Waals surface area contributed by atoms with Crippen molar-refractivity contribution in [1.82, 2.24) is 4.72 Å². The second-order valence-electron chi connectivity index (χ2n) is 13.4. The number of carboxylic acids is 1. The third kappa shape index (κ3) is 6.10. The van der Waals surface area contributed by atoms with Gasteiger partial charge < -0.3 is 14.7 Å². The number of hydrogen-bond acceptors (Lipinski definition) is 6. The van der Waals surface area contributed by atoms with Crippen molar-refractivity contribution < 1.29 is 27.9 Å². The molecule has 0 aromatic heterocycles. The molecule has 6 atom stereocenters. The normalized spacial score (nSPS) is 32.2. The molecule has 2 aromatic carbocycles. The standard InChI is InChI=1S/C34H41ClN2O6S/c1-21-14-23(15-32(38)39)5-6-24-7-8-27(24)18-37-19-34(13-3-4-25-16-28(35)10-11-29(25)34)20-43-31-12-9-26(17-30(31)37)33(40)36-44(41,42)22(21)2/h5-6,9-12,16-17,21-24,27H,3-4,7-8,13-15,18-20H2,1-2H3,(H,36,40)(H,38,39)/b6-5+/t21-,22+,23-,24+,27-,34-/m0/s1. The minimum Gasteiger partial charge on any atom is -0.490 e. The van der Waals surface area contributed by atoms with E-state index >= 15 is 0 Å². The number of aliphatic carboxylic acids is 1.